The van der Waals surface area contributed by atoms with Gasteiger partial charge >= 0.3 is 5.97 Å². The van der Waals surface area contributed by atoms with Gasteiger partial charge in [-0.3, -0.25) is 9.69 Å². The Morgan fingerprint density at radius 3 is 2.57 bits per heavy atom. The molecule has 0 amide bonds. The predicted molar refractivity (Wildman–Crippen MR) is 94.4 cm³/mol. The largest absolute Gasteiger partial charge is 0.508 e. The normalized spacial score (nSPS) is 21.4. The van der Waals surface area contributed by atoms with Crippen LogP contribution >= 0.6 is 27.7 Å². The number of aliphatic carboxylic acids is 1. The Bertz CT molecular complexity index is 707. The first-order chi connectivity index (χ1) is 11.1. The third kappa shape index (κ3) is 3.54. The van der Waals surface area contributed by atoms with Crippen LogP contribution in [0.15, 0.2) is 53.0 Å². The lowest BCUT2D eigenvalue weighted by Crippen LogP contribution is -2.38. The van der Waals surface area contributed by atoms with Gasteiger partial charge < -0.3 is 10.2 Å². The Morgan fingerprint density at radius 2 is 1.91 bits per heavy atom. The molecule has 0 saturated carbocycles. The third-order valence-electron chi connectivity index (χ3n) is 3.88. The number of aromatic hydroxyl groups is 1. The number of halogens is 1. The molecule has 3 rings (SSSR count). The molecule has 1 heterocycles. The molecule has 0 bridgehead atoms. The topological polar surface area (TPSA) is 60.8 Å². The molecule has 23 heavy (non-hydrogen) atoms. The highest BCUT2D eigenvalue weighted by atomic mass is 79.9. The Morgan fingerprint density at radius 1 is 1.22 bits per heavy atom. The second-order valence-electron chi connectivity index (χ2n) is 5.40. The minimum Gasteiger partial charge on any atom is -0.508 e. The molecule has 1 fully saturated rings. The van der Waals surface area contributed by atoms with E-state index in [1.54, 1.807) is 23.9 Å². The number of hydrogen-bond donors (Lipinski definition) is 2. The molecule has 2 N–H and O–H groups in total. The number of hydrogen-bond acceptors (Lipinski definition) is 4. The fourth-order valence-electron chi connectivity index (χ4n) is 2.71. The second kappa shape index (κ2) is 6.95. The monoisotopic (exact) mass is 393 g/mol. The summed E-state index contributed by atoms with van der Waals surface area (Å²) in [7, 11) is 0. The molecule has 1 aliphatic heterocycles. The Hall–Kier alpha value is -1.50. The van der Waals surface area contributed by atoms with Crippen LogP contribution in [0.2, 0.25) is 0 Å². The van der Waals surface area contributed by atoms with E-state index >= 15 is 0 Å². The van der Waals surface area contributed by atoms with Gasteiger partial charge in [0.05, 0.1) is 5.37 Å². The maximum atomic E-state index is 11.6. The van der Waals surface area contributed by atoms with Gasteiger partial charge in [-0.15, -0.1) is 11.8 Å². The third-order valence-corrected chi connectivity index (χ3v) is 5.76. The van der Waals surface area contributed by atoms with Crippen molar-refractivity contribution < 1.29 is 15.0 Å². The van der Waals surface area contributed by atoms with E-state index in [4.69, 9.17) is 0 Å². The number of benzene rings is 2. The SMILES string of the molecule is O=C(O)C1CSC(c2ccccc2O)N1Cc1ccc(Br)cc1. The van der Waals surface area contributed by atoms with E-state index in [2.05, 4.69) is 15.9 Å². The Balaban J connectivity index is 1.91. The standard InChI is InChI=1S/C17H16BrNO3S/c18-12-7-5-11(6-8-12)9-19-14(17(21)22)10-23-16(19)13-3-1-2-4-15(13)20/h1-8,14,16,20H,9-10H2,(H,21,22). The molecule has 0 aromatic heterocycles. The van der Waals surface area contributed by atoms with Gasteiger partial charge in [0.1, 0.15) is 11.8 Å². The number of para-hydroxylation sites is 1. The predicted octanol–water partition coefficient (Wildman–Crippen LogP) is 3.86. The van der Waals surface area contributed by atoms with E-state index in [0.29, 0.717) is 12.3 Å². The molecule has 6 heteroatoms. The molecule has 2 aromatic carbocycles. The van der Waals surface area contributed by atoms with E-state index in [9.17, 15) is 15.0 Å². The summed E-state index contributed by atoms with van der Waals surface area (Å²) < 4.78 is 0.990. The Kier molecular flexibility index (Phi) is 4.94. The zero-order valence-corrected chi connectivity index (χ0v) is 14.6. The van der Waals surface area contributed by atoms with Crippen LogP contribution in [0.4, 0.5) is 0 Å². The average Bonchev–Trinajstić information content (AvgIpc) is 2.94. The van der Waals surface area contributed by atoms with Crippen molar-refractivity contribution in [2.75, 3.05) is 5.75 Å². The van der Waals surface area contributed by atoms with E-state index in [1.165, 1.54) is 0 Å². The summed E-state index contributed by atoms with van der Waals surface area (Å²) in [6, 6.07) is 14.4. The first-order valence-electron chi connectivity index (χ1n) is 7.19. The van der Waals surface area contributed by atoms with Crippen LogP contribution in [0.5, 0.6) is 5.75 Å². The fourth-order valence-corrected chi connectivity index (χ4v) is 4.46. The van der Waals surface area contributed by atoms with Gasteiger partial charge in [0, 0.05) is 22.3 Å². The minimum absolute atomic E-state index is 0.166. The molecule has 2 atom stereocenters. The number of phenolic OH excluding ortho intramolecular Hbond substituents is 1. The zero-order valence-electron chi connectivity index (χ0n) is 12.2. The van der Waals surface area contributed by atoms with Crippen molar-refractivity contribution in [1.29, 1.82) is 0 Å². The van der Waals surface area contributed by atoms with E-state index in [1.807, 2.05) is 41.3 Å². The second-order valence-corrected chi connectivity index (χ2v) is 7.43. The molecular weight excluding hydrogens is 378 g/mol. The number of carbonyl (C=O) groups is 1. The van der Waals surface area contributed by atoms with Crippen LogP contribution in [-0.4, -0.2) is 32.9 Å². The molecule has 1 saturated heterocycles. The van der Waals surface area contributed by atoms with E-state index in [0.717, 1.165) is 15.6 Å². The maximum absolute atomic E-state index is 11.6. The fraction of sp³-hybridized carbons (Fsp3) is 0.235. The van der Waals surface area contributed by atoms with Crippen molar-refractivity contribution in [3.63, 3.8) is 0 Å². The molecular formula is C17H16BrNO3S. The summed E-state index contributed by atoms with van der Waals surface area (Å²) in [5.41, 5.74) is 1.81. The molecule has 0 spiro atoms. The molecule has 0 radical (unpaired) electrons. The van der Waals surface area contributed by atoms with Gasteiger partial charge in [0.15, 0.2) is 0 Å². The highest BCUT2D eigenvalue weighted by Gasteiger charge is 2.40. The number of rotatable bonds is 4. The highest BCUT2D eigenvalue weighted by Crippen LogP contribution is 2.45. The van der Waals surface area contributed by atoms with Crippen LogP contribution < -0.4 is 0 Å². The summed E-state index contributed by atoms with van der Waals surface area (Å²) in [6.45, 7) is 0.524. The molecule has 2 aromatic rings. The number of phenols is 1. The van der Waals surface area contributed by atoms with Crippen molar-refractivity contribution in [2.24, 2.45) is 0 Å². The van der Waals surface area contributed by atoms with Crippen LogP contribution in [0.1, 0.15) is 16.5 Å². The number of carboxylic acids is 1. The first-order valence-corrected chi connectivity index (χ1v) is 9.03. The van der Waals surface area contributed by atoms with Crippen molar-refractivity contribution in [3.8, 4) is 5.75 Å². The number of thioether (sulfide) groups is 1. The average molecular weight is 394 g/mol. The summed E-state index contributed by atoms with van der Waals surface area (Å²) in [4.78, 5) is 13.5. The summed E-state index contributed by atoms with van der Waals surface area (Å²) >= 11 is 4.96. The zero-order chi connectivity index (χ0) is 16.4. The van der Waals surface area contributed by atoms with Crippen molar-refractivity contribution in [3.05, 3.63) is 64.1 Å². The molecule has 2 unspecified atom stereocenters. The van der Waals surface area contributed by atoms with Crippen LogP contribution in [0.25, 0.3) is 0 Å². The first kappa shape index (κ1) is 16.4. The lowest BCUT2D eigenvalue weighted by atomic mass is 10.1. The highest BCUT2D eigenvalue weighted by molar-refractivity contribution is 9.10. The molecule has 4 nitrogen and oxygen atoms in total. The summed E-state index contributed by atoms with van der Waals surface area (Å²) in [5, 5.41) is 19.5. The molecule has 120 valence electrons. The van der Waals surface area contributed by atoms with Gasteiger partial charge in [0.2, 0.25) is 0 Å². The lowest BCUT2D eigenvalue weighted by molar-refractivity contribution is -0.142. The van der Waals surface area contributed by atoms with Gasteiger partial charge in [-0.2, -0.15) is 0 Å². The quantitative estimate of drug-likeness (QED) is 0.825. The summed E-state index contributed by atoms with van der Waals surface area (Å²) in [6.07, 6.45) is 0. The number of nitrogens with zero attached hydrogens (tertiary/aromatic N) is 1. The van der Waals surface area contributed by atoms with Crippen LogP contribution in [-0.2, 0) is 11.3 Å². The van der Waals surface area contributed by atoms with Crippen molar-refractivity contribution >= 4 is 33.7 Å². The van der Waals surface area contributed by atoms with Gasteiger partial charge in [-0.05, 0) is 23.8 Å². The van der Waals surface area contributed by atoms with Gasteiger partial charge in [-0.25, -0.2) is 0 Å². The lowest BCUT2D eigenvalue weighted by Gasteiger charge is -2.27. The van der Waals surface area contributed by atoms with Gasteiger partial charge in [-0.1, -0.05) is 46.3 Å². The molecule has 0 aliphatic carbocycles. The van der Waals surface area contributed by atoms with Crippen LogP contribution in [0, 0.1) is 0 Å². The van der Waals surface area contributed by atoms with Crippen molar-refractivity contribution in [2.45, 2.75) is 18.0 Å². The van der Waals surface area contributed by atoms with E-state index < -0.39 is 12.0 Å². The minimum atomic E-state index is -0.826. The van der Waals surface area contributed by atoms with Crippen LogP contribution in [0.3, 0.4) is 0 Å². The molecule has 1 aliphatic rings. The van der Waals surface area contributed by atoms with E-state index in [-0.39, 0.29) is 11.1 Å². The summed E-state index contributed by atoms with van der Waals surface area (Å²) in [5.74, 6) is -0.116. The van der Waals surface area contributed by atoms with Crippen molar-refractivity contribution in [1.82, 2.24) is 4.90 Å². The maximum Gasteiger partial charge on any atom is 0.321 e. The number of carboxylic acid groups (broad SMARTS) is 1. The smallest absolute Gasteiger partial charge is 0.321 e. The van der Waals surface area contributed by atoms with Gasteiger partial charge in [0.25, 0.3) is 0 Å². The Labute approximate surface area is 147 Å².